The maximum atomic E-state index is 3.59. The molecule has 0 bridgehead atoms. The van der Waals surface area contributed by atoms with E-state index < -0.39 is 0 Å². The molecule has 0 radical (unpaired) electrons. The van der Waals surface area contributed by atoms with Crippen molar-refractivity contribution in [2.75, 3.05) is 11.9 Å². The maximum absolute atomic E-state index is 3.59. The van der Waals surface area contributed by atoms with Gasteiger partial charge in [0.1, 0.15) is 0 Å². The first-order valence-corrected chi connectivity index (χ1v) is 7.08. The highest BCUT2D eigenvalue weighted by atomic mass is 14.9. The fraction of sp³-hybridized carbons (Fsp3) is 0.625. The summed E-state index contributed by atoms with van der Waals surface area (Å²) in [5, 5.41) is 3.59. The zero-order valence-corrected chi connectivity index (χ0v) is 11.0. The van der Waals surface area contributed by atoms with Gasteiger partial charge in [0.15, 0.2) is 0 Å². The molecule has 1 heterocycles. The van der Waals surface area contributed by atoms with Crippen molar-refractivity contribution in [1.82, 2.24) is 0 Å². The van der Waals surface area contributed by atoms with Gasteiger partial charge in [-0.25, -0.2) is 0 Å². The lowest BCUT2D eigenvalue weighted by Gasteiger charge is -2.31. The predicted octanol–water partition coefficient (Wildman–Crippen LogP) is 4.33. The molecule has 1 nitrogen and oxygen atoms in total. The largest absolute Gasteiger partial charge is 0.384 e. The third-order valence-electron chi connectivity index (χ3n) is 4.66. The first-order valence-electron chi connectivity index (χ1n) is 7.08. The number of fused-ring (bicyclic) bond motifs is 1. The summed E-state index contributed by atoms with van der Waals surface area (Å²) < 4.78 is 0. The second-order valence-electron chi connectivity index (χ2n) is 6.11. The fourth-order valence-electron chi connectivity index (χ4n) is 3.75. The number of hydrogen-bond acceptors (Lipinski definition) is 1. The summed E-state index contributed by atoms with van der Waals surface area (Å²) in [7, 11) is 0. The zero-order chi connectivity index (χ0) is 11.8. The molecular formula is C16H23N. The van der Waals surface area contributed by atoms with E-state index in [1.54, 1.807) is 5.56 Å². The quantitative estimate of drug-likeness (QED) is 0.755. The molecule has 0 saturated heterocycles. The molecule has 1 aromatic rings. The van der Waals surface area contributed by atoms with Crippen molar-refractivity contribution in [3.63, 3.8) is 0 Å². The Morgan fingerprint density at radius 1 is 1.24 bits per heavy atom. The van der Waals surface area contributed by atoms with Gasteiger partial charge in [0.2, 0.25) is 0 Å². The van der Waals surface area contributed by atoms with Gasteiger partial charge in [0.05, 0.1) is 0 Å². The van der Waals surface area contributed by atoms with E-state index in [0.29, 0.717) is 0 Å². The Morgan fingerprint density at radius 3 is 2.94 bits per heavy atom. The van der Waals surface area contributed by atoms with Gasteiger partial charge >= 0.3 is 0 Å². The summed E-state index contributed by atoms with van der Waals surface area (Å²) in [5.74, 6) is 2.62. The van der Waals surface area contributed by atoms with Gasteiger partial charge < -0.3 is 5.32 Å². The van der Waals surface area contributed by atoms with Crippen molar-refractivity contribution in [3.8, 4) is 0 Å². The van der Waals surface area contributed by atoms with Crippen LogP contribution in [-0.4, -0.2) is 6.54 Å². The molecule has 1 N–H and O–H groups in total. The van der Waals surface area contributed by atoms with Crippen molar-refractivity contribution in [1.29, 1.82) is 0 Å². The van der Waals surface area contributed by atoms with E-state index in [9.17, 15) is 0 Å². The van der Waals surface area contributed by atoms with Gasteiger partial charge in [-0.15, -0.1) is 0 Å². The fourth-order valence-corrected chi connectivity index (χ4v) is 3.75. The van der Waals surface area contributed by atoms with Gasteiger partial charge in [0.25, 0.3) is 0 Å². The average molecular weight is 229 g/mol. The lowest BCUT2D eigenvalue weighted by molar-refractivity contribution is 0.253. The molecule has 2 aliphatic rings. The minimum absolute atomic E-state index is 0.771. The summed E-state index contributed by atoms with van der Waals surface area (Å²) in [4.78, 5) is 0. The molecule has 1 fully saturated rings. The normalized spacial score (nSPS) is 32.0. The van der Waals surface area contributed by atoms with Crippen molar-refractivity contribution in [2.45, 2.75) is 45.4 Å². The number of aryl methyl sites for hydroxylation is 1. The van der Waals surface area contributed by atoms with E-state index in [1.165, 1.54) is 36.9 Å². The Morgan fingerprint density at radius 2 is 2.12 bits per heavy atom. The van der Waals surface area contributed by atoms with Crippen molar-refractivity contribution in [3.05, 3.63) is 29.3 Å². The Kier molecular flexibility index (Phi) is 2.85. The second kappa shape index (κ2) is 4.36. The van der Waals surface area contributed by atoms with Crippen LogP contribution in [0.3, 0.4) is 0 Å². The summed E-state index contributed by atoms with van der Waals surface area (Å²) in [6.07, 6.45) is 5.74. The molecule has 1 saturated carbocycles. The highest BCUT2D eigenvalue weighted by Crippen LogP contribution is 2.43. The van der Waals surface area contributed by atoms with Crippen LogP contribution in [-0.2, 0) is 0 Å². The van der Waals surface area contributed by atoms with Crippen LogP contribution in [0.15, 0.2) is 18.2 Å². The molecule has 3 unspecified atom stereocenters. The molecular weight excluding hydrogens is 206 g/mol. The Balaban J connectivity index is 1.84. The average Bonchev–Trinajstić information content (AvgIpc) is 2.71. The number of hydrogen-bond donors (Lipinski definition) is 1. The van der Waals surface area contributed by atoms with Crippen LogP contribution in [0.25, 0.3) is 0 Å². The lowest BCUT2D eigenvalue weighted by atomic mass is 9.74. The Labute approximate surface area is 105 Å². The van der Waals surface area contributed by atoms with Crippen LogP contribution in [0.4, 0.5) is 5.69 Å². The van der Waals surface area contributed by atoms with Gasteiger partial charge in [-0.2, -0.15) is 0 Å². The minimum Gasteiger partial charge on any atom is -0.384 e. The monoisotopic (exact) mass is 229 g/mol. The summed E-state index contributed by atoms with van der Waals surface area (Å²) in [5.41, 5.74) is 4.38. The highest BCUT2D eigenvalue weighted by molar-refractivity contribution is 5.59. The van der Waals surface area contributed by atoms with Crippen molar-refractivity contribution in [2.24, 2.45) is 11.8 Å². The SMILES string of the molecule is Cc1ccc2c(c1)C(C1CCCC(C)C1)CN2. The molecule has 1 aromatic carbocycles. The molecule has 17 heavy (non-hydrogen) atoms. The van der Waals surface area contributed by atoms with E-state index in [2.05, 4.69) is 37.4 Å². The van der Waals surface area contributed by atoms with Crippen LogP contribution in [0.2, 0.25) is 0 Å². The first-order chi connectivity index (χ1) is 8.24. The smallest absolute Gasteiger partial charge is 0.0376 e. The second-order valence-corrected chi connectivity index (χ2v) is 6.11. The molecule has 3 rings (SSSR count). The maximum Gasteiger partial charge on any atom is 0.0376 e. The summed E-state index contributed by atoms with van der Waals surface area (Å²) in [6, 6.07) is 6.88. The van der Waals surface area contributed by atoms with Gasteiger partial charge in [0, 0.05) is 18.2 Å². The van der Waals surface area contributed by atoms with Crippen LogP contribution in [0.5, 0.6) is 0 Å². The Bertz CT molecular complexity index is 410. The van der Waals surface area contributed by atoms with E-state index in [1.807, 2.05) is 0 Å². The summed E-state index contributed by atoms with van der Waals surface area (Å²) >= 11 is 0. The van der Waals surface area contributed by atoms with Crippen molar-refractivity contribution >= 4 is 5.69 Å². The van der Waals surface area contributed by atoms with Crippen LogP contribution < -0.4 is 5.32 Å². The highest BCUT2D eigenvalue weighted by Gasteiger charge is 2.32. The number of anilines is 1. The number of benzene rings is 1. The Hall–Kier alpha value is -0.980. The van der Waals surface area contributed by atoms with Crippen molar-refractivity contribution < 1.29 is 0 Å². The van der Waals surface area contributed by atoms with E-state index in [0.717, 1.165) is 24.3 Å². The zero-order valence-electron chi connectivity index (χ0n) is 11.0. The van der Waals surface area contributed by atoms with Gasteiger partial charge in [-0.05, 0) is 43.2 Å². The van der Waals surface area contributed by atoms with Crippen LogP contribution in [0, 0.1) is 18.8 Å². The standard InChI is InChI=1S/C16H23N/c1-11-4-3-5-13(8-11)15-10-17-16-7-6-12(2)9-14(15)16/h6-7,9,11,13,15,17H,3-5,8,10H2,1-2H3. The van der Waals surface area contributed by atoms with Crippen LogP contribution >= 0.6 is 0 Å². The molecule has 92 valence electrons. The van der Waals surface area contributed by atoms with E-state index >= 15 is 0 Å². The molecule has 1 aliphatic heterocycles. The third kappa shape index (κ3) is 2.08. The van der Waals surface area contributed by atoms with Gasteiger partial charge in [-0.1, -0.05) is 37.5 Å². The third-order valence-corrected chi connectivity index (χ3v) is 4.66. The molecule has 3 atom stereocenters. The van der Waals surface area contributed by atoms with Crippen LogP contribution in [0.1, 0.15) is 49.7 Å². The number of nitrogens with one attached hydrogen (secondary N) is 1. The minimum atomic E-state index is 0.771. The molecule has 1 aliphatic carbocycles. The molecule has 1 heteroatoms. The summed E-state index contributed by atoms with van der Waals surface area (Å²) in [6.45, 7) is 5.79. The molecule has 0 aromatic heterocycles. The number of rotatable bonds is 1. The predicted molar refractivity (Wildman–Crippen MR) is 73.5 cm³/mol. The first kappa shape index (κ1) is 11.1. The molecule has 0 spiro atoms. The van der Waals surface area contributed by atoms with E-state index in [-0.39, 0.29) is 0 Å². The van der Waals surface area contributed by atoms with Gasteiger partial charge in [-0.3, -0.25) is 0 Å². The lowest BCUT2D eigenvalue weighted by Crippen LogP contribution is -2.21. The van der Waals surface area contributed by atoms with E-state index in [4.69, 9.17) is 0 Å². The topological polar surface area (TPSA) is 12.0 Å². The molecule has 0 amide bonds.